The number of carbonyl (C=O) groups is 1. The standard InChI is InChI=1S/C14H17N5O/c15-13-7-10(3-5-17-13)12-8-16-9-19(12)6-4-14(20)18-11-1-2-11/h3,5,7-9,11H,1-2,4,6H2,(H2,15,17)(H,18,20). The Balaban J connectivity index is 1.68. The second-order valence-corrected chi connectivity index (χ2v) is 5.03. The van der Waals surface area contributed by atoms with E-state index in [1.807, 2.05) is 10.6 Å². The van der Waals surface area contributed by atoms with Gasteiger partial charge in [-0.2, -0.15) is 0 Å². The minimum atomic E-state index is 0.0985. The molecule has 6 heteroatoms. The Hall–Kier alpha value is -2.37. The van der Waals surface area contributed by atoms with Gasteiger partial charge in [-0.1, -0.05) is 0 Å². The number of pyridine rings is 1. The van der Waals surface area contributed by atoms with E-state index in [1.165, 1.54) is 0 Å². The lowest BCUT2D eigenvalue weighted by Gasteiger charge is -2.08. The zero-order valence-corrected chi connectivity index (χ0v) is 11.1. The summed E-state index contributed by atoms with van der Waals surface area (Å²) in [5.41, 5.74) is 7.59. The molecule has 0 aliphatic heterocycles. The number of nitrogens with two attached hydrogens (primary N) is 1. The fraction of sp³-hybridized carbons (Fsp3) is 0.357. The van der Waals surface area contributed by atoms with Crippen molar-refractivity contribution in [3.63, 3.8) is 0 Å². The summed E-state index contributed by atoms with van der Waals surface area (Å²) in [5.74, 6) is 0.572. The van der Waals surface area contributed by atoms with Gasteiger partial charge in [0.15, 0.2) is 0 Å². The summed E-state index contributed by atoms with van der Waals surface area (Å²) in [7, 11) is 0. The maximum atomic E-state index is 11.7. The second kappa shape index (κ2) is 5.32. The molecule has 1 fully saturated rings. The van der Waals surface area contributed by atoms with Gasteiger partial charge in [-0.25, -0.2) is 9.97 Å². The van der Waals surface area contributed by atoms with Crippen molar-refractivity contribution in [3.8, 4) is 11.3 Å². The number of amides is 1. The Morgan fingerprint density at radius 1 is 1.50 bits per heavy atom. The summed E-state index contributed by atoms with van der Waals surface area (Å²) in [6.07, 6.45) is 7.85. The Bertz CT molecular complexity index is 618. The molecular weight excluding hydrogens is 254 g/mol. The summed E-state index contributed by atoms with van der Waals surface area (Å²) in [6, 6.07) is 4.09. The molecule has 104 valence electrons. The molecule has 1 saturated carbocycles. The number of carbonyl (C=O) groups excluding carboxylic acids is 1. The minimum Gasteiger partial charge on any atom is -0.384 e. The predicted molar refractivity (Wildman–Crippen MR) is 75.7 cm³/mol. The van der Waals surface area contributed by atoms with E-state index in [0.717, 1.165) is 24.1 Å². The van der Waals surface area contributed by atoms with Gasteiger partial charge in [-0.05, 0) is 25.0 Å². The molecular formula is C14H17N5O. The van der Waals surface area contributed by atoms with Crippen molar-refractivity contribution in [1.82, 2.24) is 19.9 Å². The highest BCUT2D eigenvalue weighted by molar-refractivity contribution is 5.76. The molecule has 1 amide bonds. The SMILES string of the molecule is Nc1cc(-c2cncn2CCC(=O)NC2CC2)ccn1. The van der Waals surface area contributed by atoms with E-state index in [4.69, 9.17) is 5.73 Å². The molecule has 2 aromatic rings. The molecule has 0 aromatic carbocycles. The van der Waals surface area contributed by atoms with Crippen LogP contribution in [-0.2, 0) is 11.3 Å². The van der Waals surface area contributed by atoms with Gasteiger partial charge >= 0.3 is 0 Å². The van der Waals surface area contributed by atoms with Crippen LogP contribution >= 0.6 is 0 Å². The molecule has 0 bridgehead atoms. The first-order chi connectivity index (χ1) is 9.72. The number of hydrogen-bond acceptors (Lipinski definition) is 4. The smallest absolute Gasteiger partial charge is 0.222 e. The first kappa shape index (κ1) is 12.7. The third-order valence-electron chi connectivity index (χ3n) is 3.31. The molecule has 3 N–H and O–H groups in total. The lowest BCUT2D eigenvalue weighted by Crippen LogP contribution is -2.26. The highest BCUT2D eigenvalue weighted by atomic mass is 16.1. The number of rotatable bonds is 5. The van der Waals surface area contributed by atoms with Gasteiger partial charge in [0.2, 0.25) is 5.91 Å². The van der Waals surface area contributed by atoms with E-state index < -0.39 is 0 Å². The Labute approximate surface area is 117 Å². The summed E-state index contributed by atoms with van der Waals surface area (Å²) < 4.78 is 1.96. The molecule has 2 heterocycles. The molecule has 0 unspecified atom stereocenters. The maximum Gasteiger partial charge on any atom is 0.222 e. The van der Waals surface area contributed by atoms with Gasteiger partial charge in [0, 0.05) is 30.8 Å². The van der Waals surface area contributed by atoms with Crippen LogP contribution in [0.1, 0.15) is 19.3 Å². The lowest BCUT2D eigenvalue weighted by atomic mass is 10.2. The van der Waals surface area contributed by atoms with E-state index in [2.05, 4.69) is 15.3 Å². The Kier molecular flexibility index (Phi) is 3.37. The van der Waals surface area contributed by atoms with Crippen LogP contribution in [0.4, 0.5) is 5.82 Å². The number of nitrogens with zero attached hydrogens (tertiary/aromatic N) is 3. The predicted octanol–water partition coefficient (Wildman–Crippen LogP) is 1.20. The van der Waals surface area contributed by atoms with Crippen LogP contribution < -0.4 is 11.1 Å². The number of nitrogen functional groups attached to an aromatic ring is 1. The van der Waals surface area contributed by atoms with Gasteiger partial charge in [-0.3, -0.25) is 4.79 Å². The van der Waals surface area contributed by atoms with E-state index >= 15 is 0 Å². The fourth-order valence-corrected chi connectivity index (χ4v) is 2.10. The van der Waals surface area contributed by atoms with Crippen LogP contribution in [0.15, 0.2) is 30.9 Å². The first-order valence-electron chi connectivity index (χ1n) is 6.74. The zero-order valence-electron chi connectivity index (χ0n) is 11.1. The number of imidazole rings is 1. The average Bonchev–Trinajstić information content (AvgIpc) is 3.11. The molecule has 0 spiro atoms. The van der Waals surface area contributed by atoms with Crippen LogP contribution in [-0.4, -0.2) is 26.5 Å². The number of hydrogen-bond donors (Lipinski definition) is 2. The van der Waals surface area contributed by atoms with Crippen LogP contribution in [0.2, 0.25) is 0 Å². The van der Waals surface area contributed by atoms with Crippen molar-refractivity contribution in [1.29, 1.82) is 0 Å². The highest BCUT2D eigenvalue weighted by Gasteiger charge is 2.22. The van der Waals surface area contributed by atoms with Crippen LogP contribution in [0.5, 0.6) is 0 Å². The molecule has 3 rings (SSSR count). The monoisotopic (exact) mass is 271 g/mol. The van der Waals surface area contributed by atoms with Crippen molar-refractivity contribution in [3.05, 3.63) is 30.9 Å². The molecule has 6 nitrogen and oxygen atoms in total. The van der Waals surface area contributed by atoms with E-state index in [-0.39, 0.29) is 5.91 Å². The van der Waals surface area contributed by atoms with Crippen LogP contribution in [0, 0.1) is 0 Å². The van der Waals surface area contributed by atoms with Crippen molar-refractivity contribution in [2.24, 2.45) is 0 Å². The van der Waals surface area contributed by atoms with E-state index in [9.17, 15) is 4.79 Å². The maximum absolute atomic E-state index is 11.7. The summed E-state index contributed by atoms with van der Waals surface area (Å²) in [5, 5.41) is 2.98. The summed E-state index contributed by atoms with van der Waals surface area (Å²) in [4.78, 5) is 19.8. The molecule has 1 aliphatic carbocycles. The molecule has 0 atom stereocenters. The van der Waals surface area contributed by atoms with E-state index in [1.54, 1.807) is 24.8 Å². The first-order valence-corrected chi connectivity index (χ1v) is 6.74. The van der Waals surface area contributed by atoms with Crippen LogP contribution in [0.3, 0.4) is 0 Å². The topological polar surface area (TPSA) is 85.8 Å². The quantitative estimate of drug-likeness (QED) is 0.855. The highest BCUT2D eigenvalue weighted by Crippen LogP contribution is 2.21. The second-order valence-electron chi connectivity index (χ2n) is 5.03. The van der Waals surface area contributed by atoms with E-state index in [0.29, 0.717) is 24.8 Å². The summed E-state index contributed by atoms with van der Waals surface area (Å²) in [6.45, 7) is 0.607. The molecule has 20 heavy (non-hydrogen) atoms. The number of anilines is 1. The van der Waals surface area contributed by atoms with Gasteiger partial charge in [-0.15, -0.1) is 0 Å². The van der Waals surface area contributed by atoms with Gasteiger partial charge in [0.1, 0.15) is 5.82 Å². The van der Waals surface area contributed by atoms with Gasteiger partial charge in [0.05, 0.1) is 18.2 Å². The minimum absolute atomic E-state index is 0.0985. The average molecular weight is 271 g/mol. The molecule has 1 aliphatic rings. The fourth-order valence-electron chi connectivity index (χ4n) is 2.10. The van der Waals surface area contributed by atoms with Crippen molar-refractivity contribution >= 4 is 11.7 Å². The summed E-state index contributed by atoms with van der Waals surface area (Å²) >= 11 is 0. The van der Waals surface area contributed by atoms with Gasteiger partial charge in [0.25, 0.3) is 0 Å². The zero-order chi connectivity index (χ0) is 13.9. The van der Waals surface area contributed by atoms with Crippen molar-refractivity contribution < 1.29 is 4.79 Å². The van der Waals surface area contributed by atoms with Crippen molar-refractivity contribution in [2.45, 2.75) is 31.8 Å². The lowest BCUT2D eigenvalue weighted by molar-refractivity contribution is -0.121. The van der Waals surface area contributed by atoms with Gasteiger partial charge < -0.3 is 15.6 Å². The van der Waals surface area contributed by atoms with Crippen molar-refractivity contribution in [2.75, 3.05) is 5.73 Å². The third kappa shape index (κ3) is 2.96. The number of aryl methyl sites for hydroxylation is 1. The molecule has 0 saturated heterocycles. The Morgan fingerprint density at radius 2 is 2.35 bits per heavy atom. The van der Waals surface area contributed by atoms with Crippen LogP contribution in [0.25, 0.3) is 11.3 Å². The largest absolute Gasteiger partial charge is 0.384 e. The number of aromatic nitrogens is 3. The molecule has 0 radical (unpaired) electrons. The normalized spacial score (nSPS) is 14.2. The Morgan fingerprint density at radius 3 is 3.10 bits per heavy atom. The molecule has 2 aromatic heterocycles. The number of nitrogens with one attached hydrogen (secondary N) is 1. The third-order valence-corrected chi connectivity index (χ3v) is 3.31.